The van der Waals surface area contributed by atoms with E-state index in [0.29, 0.717) is 0 Å². The topological polar surface area (TPSA) is 36.4 Å². The fourth-order valence-electron chi connectivity index (χ4n) is 1.17. The predicted molar refractivity (Wildman–Crippen MR) is 49.6 cm³/mol. The Morgan fingerprint density at radius 2 is 2.00 bits per heavy atom. The zero-order valence-corrected chi connectivity index (χ0v) is 8.28. The summed E-state index contributed by atoms with van der Waals surface area (Å²) in [6.45, 7) is 0. The molecular formula is C9H11F3N2O. The molecule has 0 radical (unpaired) electrons. The van der Waals surface area contributed by atoms with Crippen LogP contribution in [0.4, 0.5) is 19.0 Å². The molecule has 1 aromatic rings. The van der Waals surface area contributed by atoms with Gasteiger partial charge in [-0.15, -0.1) is 0 Å². The molecule has 0 bridgehead atoms. The highest BCUT2D eigenvalue weighted by atomic mass is 19.4. The molecule has 0 unspecified atom stereocenters. The number of aliphatic hydroxyl groups is 1. The van der Waals surface area contributed by atoms with Gasteiger partial charge >= 0.3 is 6.18 Å². The quantitative estimate of drug-likeness (QED) is 0.824. The van der Waals surface area contributed by atoms with Crippen LogP contribution in [0.15, 0.2) is 18.3 Å². The van der Waals surface area contributed by atoms with Crippen LogP contribution in [-0.2, 0) is 0 Å². The molecule has 0 saturated carbocycles. The van der Waals surface area contributed by atoms with Crippen molar-refractivity contribution in [2.24, 2.45) is 0 Å². The predicted octanol–water partition coefficient (Wildman–Crippen LogP) is 1.74. The van der Waals surface area contributed by atoms with Crippen molar-refractivity contribution in [3.8, 4) is 0 Å². The first kappa shape index (κ1) is 11.8. The van der Waals surface area contributed by atoms with E-state index in [2.05, 4.69) is 4.98 Å². The standard InChI is InChI=1S/C9H11F3N2O/c1-14(2)8-6(4-3-5-13-8)7(15)9(10,11)12/h3-5,7,15H,1-2H3/t7-/m0/s1. The average Bonchev–Trinajstić information content (AvgIpc) is 2.15. The SMILES string of the molecule is CN(C)c1ncccc1[C@H](O)C(F)(F)F. The van der Waals surface area contributed by atoms with Gasteiger partial charge in [-0.3, -0.25) is 0 Å². The van der Waals surface area contributed by atoms with Gasteiger partial charge in [0.05, 0.1) is 0 Å². The minimum Gasteiger partial charge on any atom is -0.379 e. The summed E-state index contributed by atoms with van der Waals surface area (Å²) in [4.78, 5) is 5.20. The fourth-order valence-corrected chi connectivity index (χ4v) is 1.17. The smallest absolute Gasteiger partial charge is 0.379 e. The summed E-state index contributed by atoms with van der Waals surface area (Å²) < 4.78 is 36.8. The van der Waals surface area contributed by atoms with Crippen LogP contribution in [0, 0.1) is 0 Å². The zero-order chi connectivity index (χ0) is 11.6. The molecule has 0 amide bonds. The van der Waals surface area contributed by atoms with E-state index in [-0.39, 0.29) is 11.4 Å². The van der Waals surface area contributed by atoms with Crippen LogP contribution in [0.3, 0.4) is 0 Å². The van der Waals surface area contributed by atoms with Crippen molar-refractivity contribution < 1.29 is 18.3 Å². The molecule has 1 rings (SSSR count). The highest BCUT2D eigenvalue weighted by Crippen LogP contribution is 2.35. The van der Waals surface area contributed by atoms with Crippen LogP contribution in [0.1, 0.15) is 11.7 Å². The number of rotatable bonds is 2. The first-order chi connectivity index (χ1) is 6.84. The van der Waals surface area contributed by atoms with Gasteiger partial charge in [-0.05, 0) is 6.07 Å². The normalized spacial score (nSPS) is 13.7. The Morgan fingerprint density at radius 1 is 1.40 bits per heavy atom. The first-order valence-corrected chi connectivity index (χ1v) is 4.21. The molecule has 0 fully saturated rings. The van der Waals surface area contributed by atoms with Crippen LogP contribution in [0.25, 0.3) is 0 Å². The van der Waals surface area contributed by atoms with Crippen molar-refractivity contribution in [1.29, 1.82) is 0 Å². The molecule has 0 aromatic carbocycles. The second-order valence-corrected chi connectivity index (χ2v) is 3.25. The highest BCUT2D eigenvalue weighted by Gasteiger charge is 2.41. The number of nitrogens with zero attached hydrogens (tertiary/aromatic N) is 2. The molecule has 0 aliphatic carbocycles. The van der Waals surface area contributed by atoms with Crippen LogP contribution in [0.2, 0.25) is 0 Å². The maximum Gasteiger partial charge on any atom is 0.418 e. The number of pyridine rings is 1. The third kappa shape index (κ3) is 2.59. The van der Waals surface area contributed by atoms with Crippen molar-refractivity contribution in [2.75, 3.05) is 19.0 Å². The molecule has 3 nitrogen and oxygen atoms in total. The molecule has 0 saturated heterocycles. The summed E-state index contributed by atoms with van der Waals surface area (Å²) in [6.07, 6.45) is -5.79. The number of hydrogen-bond donors (Lipinski definition) is 1. The Hall–Kier alpha value is -1.30. The number of alkyl halides is 3. The highest BCUT2D eigenvalue weighted by molar-refractivity contribution is 5.46. The lowest BCUT2D eigenvalue weighted by molar-refractivity contribution is -0.206. The fraction of sp³-hybridized carbons (Fsp3) is 0.444. The van der Waals surface area contributed by atoms with Gasteiger partial charge in [0.1, 0.15) is 5.82 Å². The number of anilines is 1. The summed E-state index contributed by atoms with van der Waals surface area (Å²) in [6, 6.07) is 2.57. The number of hydrogen-bond acceptors (Lipinski definition) is 3. The van der Waals surface area contributed by atoms with Crippen LogP contribution in [-0.4, -0.2) is 30.4 Å². The van der Waals surface area contributed by atoms with Crippen molar-refractivity contribution in [1.82, 2.24) is 4.98 Å². The number of halogens is 3. The van der Waals surface area contributed by atoms with Gasteiger partial charge in [0, 0.05) is 25.9 Å². The third-order valence-electron chi connectivity index (χ3n) is 1.85. The molecular weight excluding hydrogens is 209 g/mol. The van der Waals surface area contributed by atoms with E-state index in [0.717, 1.165) is 0 Å². The summed E-state index contributed by atoms with van der Waals surface area (Å²) >= 11 is 0. The summed E-state index contributed by atoms with van der Waals surface area (Å²) in [7, 11) is 3.13. The van der Waals surface area contributed by atoms with Gasteiger partial charge in [-0.2, -0.15) is 13.2 Å². The van der Waals surface area contributed by atoms with Gasteiger partial charge in [0.15, 0.2) is 6.10 Å². The minimum absolute atomic E-state index is 0.113. The third-order valence-corrected chi connectivity index (χ3v) is 1.85. The van der Waals surface area contributed by atoms with E-state index in [4.69, 9.17) is 5.11 Å². The van der Waals surface area contributed by atoms with E-state index in [1.54, 1.807) is 14.1 Å². The Bertz CT molecular complexity index is 338. The Morgan fingerprint density at radius 3 is 2.47 bits per heavy atom. The number of aliphatic hydroxyl groups excluding tert-OH is 1. The van der Waals surface area contributed by atoms with Gasteiger partial charge < -0.3 is 10.0 Å². The maximum atomic E-state index is 12.3. The Labute approximate surface area is 85.2 Å². The lowest BCUT2D eigenvalue weighted by Gasteiger charge is -2.20. The molecule has 1 atom stereocenters. The van der Waals surface area contributed by atoms with Crippen molar-refractivity contribution in [3.05, 3.63) is 23.9 Å². The molecule has 0 spiro atoms. The molecule has 84 valence electrons. The van der Waals surface area contributed by atoms with Gasteiger partial charge in [-0.25, -0.2) is 4.98 Å². The maximum absolute atomic E-state index is 12.3. The first-order valence-electron chi connectivity index (χ1n) is 4.21. The molecule has 6 heteroatoms. The Kier molecular flexibility index (Phi) is 3.18. The average molecular weight is 220 g/mol. The van der Waals surface area contributed by atoms with E-state index < -0.39 is 12.3 Å². The van der Waals surface area contributed by atoms with Crippen molar-refractivity contribution in [3.63, 3.8) is 0 Å². The largest absolute Gasteiger partial charge is 0.418 e. The summed E-state index contributed by atoms with van der Waals surface area (Å²) in [5.41, 5.74) is -0.241. The summed E-state index contributed by atoms with van der Waals surface area (Å²) in [5, 5.41) is 9.10. The number of aromatic nitrogens is 1. The lowest BCUT2D eigenvalue weighted by Crippen LogP contribution is -2.23. The monoisotopic (exact) mass is 220 g/mol. The molecule has 1 heterocycles. The molecule has 0 aliphatic heterocycles. The van der Waals surface area contributed by atoms with E-state index in [9.17, 15) is 13.2 Å². The van der Waals surface area contributed by atoms with Crippen LogP contribution >= 0.6 is 0 Å². The van der Waals surface area contributed by atoms with E-state index >= 15 is 0 Å². The van der Waals surface area contributed by atoms with E-state index in [1.165, 1.54) is 23.2 Å². The second kappa shape index (κ2) is 4.06. The summed E-state index contributed by atoms with van der Waals surface area (Å²) in [5.74, 6) is 0.113. The van der Waals surface area contributed by atoms with Gasteiger partial charge in [0.25, 0.3) is 0 Å². The second-order valence-electron chi connectivity index (χ2n) is 3.25. The Balaban J connectivity index is 3.14. The van der Waals surface area contributed by atoms with Crippen LogP contribution in [0.5, 0.6) is 0 Å². The zero-order valence-electron chi connectivity index (χ0n) is 8.28. The van der Waals surface area contributed by atoms with Gasteiger partial charge in [-0.1, -0.05) is 6.07 Å². The van der Waals surface area contributed by atoms with E-state index in [1.807, 2.05) is 0 Å². The molecule has 0 aliphatic rings. The van der Waals surface area contributed by atoms with Crippen molar-refractivity contribution >= 4 is 5.82 Å². The molecule has 1 N–H and O–H groups in total. The van der Waals surface area contributed by atoms with Gasteiger partial charge in [0.2, 0.25) is 0 Å². The minimum atomic E-state index is -4.67. The lowest BCUT2D eigenvalue weighted by atomic mass is 10.1. The van der Waals surface area contributed by atoms with Crippen molar-refractivity contribution in [2.45, 2.75) is 12.3 Å². The molecule has 1 aromatic heterocycles. The van der Waals surface area contributed by atoms with Crippen LogP contribution < -0.4 is 4.90 Å². The molecule has 15 heavy (non-hydrogen) atoms.